The lowest BCUT2D eigenvalue weighted by atomic mass is 10.1. The smallest absolute Gasteiger partial charge is 0.224 e. The van der Waals surface area contributed by atoms with Gasteiger partial charge in [-0.1, -0.05) is 12.1 Å². The van der Waals surface area contributed by atoms with Crippen molar-refractivity contribution < 1.29 is 0 Å². The van der Waals surface area contributed by atoms with E-state index in [-0.39, 0.29) is 10.8 Å². The van der Waals surface area contributed by atoms with E-state index in [2.05, 4.69) is 34.1 Å². The molecule has 102 valence electrons. The highest BCUT2D eigenvalue weighted by atomic mass is 35.5. The fourth-order valence-electron chi connectivity index (χ4n) is 2.03. The Kier molecular flexibility index (Phi) is 3.31. The molecule has 3 aromatic rings. The Balaban J connectivity index is 2.07. The summed E-state index contributed by atoms with van der Waals surface area (Å²) >= 11 is 7.61. The zero-order chi connectivity index (χ0) is 14.2. The summed E-state index contributed by atoms with van der Waals surface area (Å²) in [5.41, 5.74) is 0.499. The molecule has 4 nitrogen and oxygen atoms in total. The minimum absolute atomic E-state index is 0.237. The first kappa shape index (κ1) is 13.3. The highest BCUT2D eigenvalue weighted by molar-refractivity contribution is 7.09. The molecule has 2 aromatic heterocycles. The van der Waals surface area contributed by atoms with E-state index >= 15 is 0 Å². The lowest BCUT2D eigenvalue weighted by Crippen LogP contribution is -2.28. The third-order valence-corrected chi connectivity index (χ3v) is 4.24. The topological polar surface area (TPSA) is 50.7 Å². The van der Waals surface area contributed by atoms with E-state index in [1.807, 2.05) is 29.6 Å². The van der Waals surface area contributed by atoms with E-state index < -0.39 is 0 Å². The van der Waals surface area contributed by atoms with Crippen LogP contribution in [0.15, 0.2) is 35.8 Å². The first-order valence-corrected chi connectivity index (χ1v) is 7.42. The van der Waals surface area contributed by atoms with E-state index in [4.69, 9.17) is 11.6 Å². The number of fused-ring (bicyclic) bond motifs is 1. The molecule has 0 unspecified atom stereocenters. The number of benzene rings is 1. The van der Waals surface area contributed by atoms with Gasteiger partial charge in [0.1, 0.15) is 10.8 Å². The lowest BCUT2D eigenvalue weighted by molar-refractivity contribution is 0.602. The highest BCUT2D eigenvalue weighted by Gasteiger charge is 2.24. The van der Waals surface area contributed by atoms with Crippen LogP contribution in [-0.4, -0.2) is 15.0 Å². The van der Waals surface area contributed by atoms with Crippen molar-refractivity contribution in [2.45, 2.75) is 19.4 Å². The number of halogens is 1. The van der Waals surface area contributed by atoms with Gasteiger partial charge in [0.25, 0.3) is 0 Å². The Labute approximate surface area is 125 Å². The van der Waals surface area contributed by atoms with Gasteiger partial charge in [-0.3, -0.25) is 0 Å². The number of nitrogens with one attached hydrogen (secondary N) is 1. The predicted molar refractivity (Wildman–Crippen MR) is 83.3 cm³/mol. The lowest BCUT2D eigenvalue weighted by Gasteiger charge is -2.25. The van der Waals surface area contributed by atoms with E-state index in [1.165, 1.54) is 0 Å². The molecule has 6 heteroatoms. The quantitative estimate of drug-likeness (QED) is 0.741. The Morgan fingerprint density at radius 2 is 2.00 bits per heavy atom. The summed E-state index contributed by atoms with van der Waals surface area (Å²) in [5.74, 6) is 0.723. The van der Waals surface area contributed by atoms with Crippen molar-refractivity contribution in [2.75, 3.05) is 5.32 Å². The number of nitrogens with zero attached hydrogens (tertiary/aromatic N) is 3. The van der Waals surface area contributed by atoms with Crippen LogP contribution < -0.4 is 5.32 Å². The minimum atomic E-state index is -0.325. The van der Waals surface area contributed by atoms with Crippen molar-refractivity contribution in [3.8, 4) is 0 Å². The molecule has 0 amide bonds. The molecule has 0 aliphatic carbocycles. The molecule has 0 spiro atoms. The highest BCUT2D eigenvalue weighted by Crippen LogP contribution is 2.30. The number of hydrogen-bond acceptors (Lipinski definition) is 5. The fraction of sp³-hybridized carbons (Fsp3) is 0.214. The number of anilines is 1. The molecule has 1 N–H and O–H groups in total. The molecular weight excluding hydrogens is 292 g/mol. The van der Waals surface area contributed by atoms with Crippen LogP contribution in [0.5, 0.6) is 0 Å². The molecule has 0 aliphatic heterocycles. The van der Waals surface area contributed by atoms with Crippen LogP contribution in [0.2, 0.25) is 5.28 Å². The van der Waals surface area contributed by atoms with Crippen molar-refractivity contribution in [2.24, 2.45) is 0 Å². The zero-order valence-corrected chi connectivity index (χ0v) is 12.7. The number of hydrogen-bond donors (Lipinski definition) is 1. The Morgan fingerprint density at radius 1 is 1.20 bits per heavy atom. The van der Waals surface area contributed by atoms with Crippen molar-refractivity contribution in [3.63, 3.8) is 0 Å². The Morgan fingerprint density at radius 3 is 2.75 bits per heavy atom. The maximum absolute atomic E-state index is 6.00. The summed E-state index contributed by atoms with van der Waals surface area (Å²) < 4.78 is 0. The van der Waals surface area contributed by atoms with Gasteiger partial charge in [0.2, 0.25) is 5.28 Å². The van der Waals surface area contributed by atoms with Crippen molar-refractivity contribution in [1.29, 1.82) is 0 Å². The average molecular weight is 305 g/mol. The van der Waals surface area contributed by atoms with Crippen LogP contribution >= 0.6 is 22.9 Å². The van der Waals surface area contributed by atoms with Crippen molar-refractivity contribution >= 4 is 39.7 Å². The van der Waals surface area contributed by atoms with Crippen LogP contribution in [-0.2, 0) is 5.54 Å². The van der Waals surface area contributed by atoms with Gasteiger partial charge in [0, 0.05) is 17.0 Å². The van der Waals surface area contributed by atoms with Crippen molar-refractivity contribution in [1.82, 2.24) is 15.0 Å². The number of aromatic nitrogens is 3. The van der Waals surface area contributed by atoms with Crippen LogP contribution in [0.25, 0.3) is 10.9 Å². The summed E-state index contributed by atoms with van der Waals surface area (Å²) in [6, 6.07) is 7.79. The summed E-state index contributed by atoms with van der Waals surface area (Å²) in [4.78, 5) is 12.9. The Hall–Kier alpha value is -1.72. The van der Waals surface area contributed by atoms with Crippen molar-refractivity contribution in [3.05, 3.63) is 46.1 Å². The molecule has 20 heavy (non-hydrogen) atoms. The summed E-state index contributed by atoms with van der Waals surface area (Å²) in [6.45, 7) is 4.13. The standard InChI is InChI=1S/C14H13ClN4S/c1-14(2,12-16-7-8-20-12)19-11-9-5-3-4-6-10(9)17-13(15)18-11/h3-8H,1-2H3,(H,17,18,19). The van der Waals surface area contributed by atoms with Gasteiger partial charge >= 0.3 is 0 Å². The normalized spacial score (nSPS) is 11.8. The van der Waals surface area contributed by atoms with E-state index in [0.717, 1.165) is 21.7 Å². The first-order valence-electron chi connectivity index (χ1n) is 6.17. The SMILES string of the molecule is CC(C)(Nc1nc(Cl)nc2ccccc12)c1nccs1. The maximum atomic E-state index is 6.00. The average Bonchev–Trinajstić information content (AvgIpc) is 2.92. The van der Waals surface area contributed by atoms with Crippen LogP contribution in [0.3, 0.4) is 0 Å². The fourth-order valence-corrected chi connectivity index (χ4v) is 2.92. The van der Waals surface area contributed by atoms with Gasteiger partial charge in [-0.15, -0.1) is 11.3 Å². The summed E-state index contributed by atoms with van der Waals surface area (Å²) in [5, 5.41) is 7.56. The van der Waals surface area contributed by atoms with Gasteiger partial charge in [-0.2, -0.15) is 0 Å². The molecule has 3 rings (SSSR count). The van der Waals surface area contributed by atoms with Gasteiger partial charge < -0.3 is 5.32 Å². The van der Waals surface area contributed by atoms with E-state index in [0.29, 0.717) is 0 Å². The van der Waals surface area contributed by atoms with Crippen LogP contribution in [0.4, 0.5) is 5.82 Å². The largest absolute Gasteiger partial charge is 0.358 e. The third kappa shape index (κ3) is 2.46. The first-order chi connectivity index (χ1) is 9.56. The monoisotopic (exact) mass is 304 g/mol. The number of rotatable bonds is 3. The summed E-state index contributed by atoms with van der Waals surface area (Å²) in [6.07, 6.45) is 1.80. The second-order valence-corrected chi connectivity index (χ2v) is 6.18. The van der Waals surface area contributed by atoms with Crippen LogP contribution in [0, 0.1) is 0 Å². The molecule has 0 saturated carbocycles. The molecular formula is C14H13ClN4S. The van der Waals surface area contributed by atoms with E-state index in [9.17, 15) is 0 Å². The van der Waals surface area contributed by atoms with Crippen LogP contribution in [0.1, 0.15) is 18.9 Å². The molecule has 0 bridgehead atoms. The van der Waals surface area contributed by atoms with Gasteiger partial charge in [-0.05, 0) is 37.6 Å². The minimum Gasteiger partial charge on any atom is -0.358 e. The molecule has 0 atom stereocenters. The van der Waals surface area contributed by atoms with Gasteiger partial charge in [-0.25, -0.2) is 15.0 Å². The van der Waals surface area contributed by atoms with Gasteiger partial charge in [0.05, 0.1) is 11.1 Å². The molecule has 0 aliphatic rings. The maximum Gasteiger partial charge on any atom is 0.224 e. The number of para-hydroxylation sites is 1. The predicted octanol–water partition coefficient (Wildman–Crippen LogP) is 4.09. The molecule has 2 heterocycles. The molecule has 0 fully saturated rings. The molecule has 0 saturated heterocycles. The Bertz CT molecular complexity index is 740. The molecule has 1 aromatic carbocycles. The third-order valence-electron chi connectivity index (χ3n) is 2.97. The second-order valence-electron chi connectivity index (χ2n) is 4.95. The molecule has 0 radical (unpaired) electrons. The van der Waals surface area contributed by atoms with Gasteiger partial charge in [0.15, 0.2) is 0 Å². The number of thiazole rings is 1. The zero-order valence-electron chi connectivity index (χ0n) is 11.1. The summed E-state index contributed by atoms with van der Waals surface area (Å²) in [7, 11) is 0. The second kappa shape index (κ2) is 5.00. The van der Waals surface area contributed by atoms with E-state index in [1.54, 1.807) is 17.5 Å².